The summed E-state index contributed by atoms with van der Waals surface area (Å²) >= 11 is -1.83. The van der Waals surface area contributed by atoms with E-state index < -0.39 is 28.8 Å². The number of rotatable bonds is 11. The first-order valence-electron chi connectivity index (χ1n) is 12.5. The van der Waals surface area contributed by atoms with Crippen LogP contribution in [0.3, 0.4) is 0 Å². The Bertz CT molecular complexity index is 1180. The van der Waals surface area contributed by atoms with Crippen molar-refractivity contribution in [2.45, 2.75) is 63.9 Å². The number of esters is 1. The van der Waals surface area contributed by atoms with Crippen molar-refractivity contribution in [2.24, 2.45) is 11.8 Å². The van der Waals surface area contributed by atoms with Gasteiger partial charge in [-0.15, -0.1) is 0 Å². The van der Waals surface area contributed by atoms with Crippen LogP contribution in [-0.2, 0) is 25.6 Å². The number of nitrogens with zero attached hydrogens (tertiary/aromatic N) is 2. The van der Waals surface area contributed by atoms with Gasteiger partial charge in [-0.1, -0.05) is 38.8 Å². The molecule has 2 aliphatic rings. The molecule has 3 unspecified atom stereocenters. The summed E-state index contributed by atoms with van der Waals surface area (Å²) in [7, 11) is 1.66. The standard InChI is InChI=1S/C28H32N2O5S/c1-4-15-28(16-5-2)26(31)25(27(32)34-28)24(20-11-12-20)21-7-6-8-22(17-21)30(3)36(33)35-23-13-9-19(18-29)10-14-23/h6-10,13-14,17,20,24-25H,4-5,11-12,15-16H2,1-3H3. The summed E-state index contributed by atoms with van der Waals surface area (Å²) in [6.07, 6.45) is 4.56. The first kappa shape index (κ1) is 25.9. The summed E-state index contributed by atoms with van der Waals surface area (Å²) in [4.78, 5) is 26.8. The number of benzene rings is 2. The third-order valence-corrected chi connectivity index (χ3v) is 8.06. The van der Waals surface area contributed by atoms with Gasteiger partial charge in [-0.05, 0) is 73.6 Å². The topological polar surface area (TPSA) is 96.7 Å². The number of ketones is 1. The lowest BCUT2D eigenvalue weighted by atomic mass is 9.75. The first-order chi connectivity index (χ1) is 17.3. The second kappa shape index (κ2) is 10.8. The summed E-state index contributed by atoms with van der Waals surface area (Å²) < 4.78 is 25.8. The van der Waals surface area contributed by atoms with Gasteiger partial charge in [0.15, 0.2) is 11.4 Å². The molecular formula is C28H32N2O5S. The number of carbonyl (C=O) groups is 2. The predicted molar refractivity (Wildman–Crippen MR) is 137 cm³/mol. The summed E-state index contributed by atoms with van der Waals surface area (Å²) in [6.45, 7) is 4.01. The molecule has 1 saturated heterocycles. The SMILES string of the molecule is CCCC1(CCC)OC(=O)C(C(c2cccc(N(C)S(=O)Oc3ccc(C#N)cc3)c2)C2CC2)C1=O. The summed E-state index contributed by atoms with van der Waals surface area (Å²) in [6, 6.07) is 15.9. The van der Waals surface area contributed by atoms with Gasteiger partial charge in [-0.2, -0.15) is 9.47 Å². The molecule has 1 aliphatic carbocycles. The highest BCUT2D eigenvalue weighted by Gasteiger charge is 2.58. The number of hydrogen-bond acceptors (Lipinski definition) is 6. The molecule has 0 N–H and O–H groups in total. The van der Waals surface area contributed by atoms with Crippen LogP contribution in [0.5, 0.6) is 5.75 Å². The molecule has 2 fully saturated rings. The molecule has 3 atom stereocenters. The normalized spacial score (nSPS) is 20.3. The second-order valence-corrected chi connectivity index (χ2v) is 10.8. The lowest BCUT2D eigenvalue weighted by molar-refractivity contribution is -0.154. The van der Waals surface area contributed by atoms with E-state index in [1.807, 2.05) is 44.2 Å². The molecule has 1 aliphatic heterocycles. The Morgan fingerprint density at radius 3 is 2.39 bits per heavy atom. The van der Waals surface area contributed by atoms with Crippen molar-refractivity contribution in [3.63, 3.8) is 0 Å². The van der Waals surface area contributed by atoms with E-state index in [9.17, 15) is 13.8 Å². The van der Waals surface area contributed by atoms with Crippen LogP contribution in [0.4, 0.5) is 5.69 Å². The molecule has 0 spiro atoms. The molecule has 0 bridgehead atoms. The van der Waals surface area contributed by atoms with Crippen molar-refractivity contribution in [3.05, 3.63) is 59.7 Å². The van der Waals surface area contributed by atoms with Gasteiger partial charge >= 0.3 is 17.2 Å². The van der Waals surface area contributed by atoms with Gasteiger partial charge in [0.2, 0.25) is 0 Å². The molecule has 190 valence electrons. The molecule has 4 rings (SSSR count). The maximum absolute atomic E-state index is 13.7. The van der Waals surface area contributed by atoms with Crippen LogP contribution >= 0.6 is 0 Å². The van der Waals surface area contributed by atoms with E-state index in [1.54, 1.807) is 31.3 Å². The van der Waals surface area contributed by atoms with Gasteiger partial charge in [-0.25, -0.2) is 0 Å². The van der Waals surface area contributed by atoms with Crippen molar-refractivity contribution < 1.29 is 22.7 Å². The summed E-state index contributed by atoms with van der Waals surface area (Å²) in [5.41, 5.74) is 0.999. The Morgan fingerprint density at radius 1 is 1.14 bits per heavy atom. The highest BCUT2D eigenvalue weighted by atomic mass is 32.2. The van der Waals surface area contributed by atoms with E-state index in [4.69, 9.17) is 14.2 Å². The number of Topliss-reactive ketones (excluding diaryl/α,β-unsaturated/α-hetero) is 1. The quantitative estimate of drug-likeness (QED) is 0.305. The Labute approximate surface area is 215 Å². The maximum atomic E-state index is 13.7. The van der Waals surface area contributed by atoms with Crippen molar-refractivity contribution in [1.82, 2.24) is 0 Å². The highest BCUT2D eigenvalue weighted by Crippen LogP contribution is 2.51. The van der Waals surface area contributed by atoms with Crippen LogP contribution in [0.15, 0.2) is 48.5 Å². The Kier molecular flexibility index (Phi) is 7.79. The van der Waals surface area contributed by atoms with Crippen LogP contribution in [0.1, 0.15) is 69.4 Å². The zero-order valence-corrected chi connectivity index (χ0v) is 21.8. The number of cyclic esters (lactones) is 1. The van der Waals surface area contributed by atoms with Crippen LogP contribution in [-0.4, -0.2) is 28.6 Å². The third-order valence-electron chi connectivity index (χ3n) is 7.07. The predicted octanol–water partition coefficient (Wildman–Crippen LogP) is 5.23. The number of anilines is 1. The zero-order chi connectivity index (χ0) is 25.9. The number of hydrogen-bond donors (Lipinski definition) is 0. The average Bonchev–Trinajstić information content (AvgIpc) is 3.68. The summed E-state index contributed by atoms with van der Waals surface area (Å²) in [5, 5.41) is 8.95. The van der Waals surface area contributed by atoms with E-state index >= 15 is 0 Å². The molecule has 0 aromatic heterocycles. The van der Waals surface area contributed by atoms with Gasteiger partial charge in [0.1, 0.15) is 11.7 Å². The minimum Gasteiger partial charge on any atom is -0.450 e. The van der Waals surface area contributed by atoms with Crippen molar-refractivity contribution in [2.75, 3.05) is 11.4 Å². The zero-order valence-electron chi connectivity index (χ0n) is 20.9. The lowest BCUT2D eigenvalue weighted by Gasteiger charge is -2.26. The minimum absolute atomic E-state index is 0.0837. The van der Waals surface area contributed by atoms with Gasteiger partial charge < -0.3 is 8.92 Å². The van der Waals surface area contributed by atoms with Crippen LogP contribution in [0, 0.1) is 23.2 Å². The summed E-state index contributed by atoms with van der Waals surface area (Å²) in [5.74, 6) is -0.941. The molecule has 0 amide bonds. The second-order valence-electron chi connectivity index (χ2n) is 9.65. The van der Waals surface area contributed by atoms with E-state index in [-0.39, 0.29) is 17.6 Å². The van der Waals surface area contributed by atoms with Crippen molar-refractivity contribution in [3.8, 4) is 11.8 Å². The lowest BCUT2D eigenvalue weighted by Crippen LogP contribution is -2.38. The van der Waals surface area contributed by atoms with Crippen LogP contribution in [0.25, 0.3) is 0 Å². The fourth-order valence-electron chi connectivity index (χ4n) is 5.22. The maximum Gasteiger partial charge on any atom is 0.318 e. The van der Waals surface area contributed by atoms with Gasteiger partial charge in [0.05, 0.1) is 17.3 Å². The number of nitriles is 1. The fourth-order valence-corrected chi connectivity index (χ4v) is 5.89. The van der Waals surface area contributed by atoms with E-state index in [1.165, 1.54) is 4.31 Å². The van der Waals surface area contributed by atoms with Crippen LogP contribution in [0.2, 0.25) is 0 Å². The molecule has 2 aromatic carbocycles. The number of ether oxygens (including phenoxy) is 1. The Hall–Kier alpha value is -3.18. The molecule has 0 radical (unpaired) electrons. The highest BCUT2D eigenvalue weighted by molar-refractivity contribution is 7.82. The number of carbonyl (C=O) groups excluding carboxylic acids is 2. The van der Waals surface area contributed by atoms with E-state index in [2.05, 4.69) is 0 Å². The van der Waals surface area contributed by atoms with Gasteiger partial charge in [-0.3, -0.25) is 13.9 Å². The molecule has 7 nitrogen and oxygen atoms in total. The molecule has 1 heterocycles. The smallest absolute Gasteiger partial charge is 0.318 e. The van der Waals surface area contributed by atoms with Gasteiger partial charge in [0.25, 0.3) is 0 Å². The third kappa shape index (κ3) is 5.17. The van der Waals surface area contributed by atoms with E-state index in [0.29, 0.717) is 29.8 Å². The minimum atomic E-state index is -1.83. The van der Waals surface area contributed by atoms with Crippen molar-refractivity contribution in [1.29, 1.82) is 5.26 Å². The monoisotopic (exact) mass is 508 g/mol. The fraction of sp³-hybridized carbons (Fsp3) is 0.464. The Balaban J connectivity index is 1.58. The molecule has 1 saturated carbocycles. The van der Waals surface area contributed by atoms with E-state index in [0.717, 1.165) is 31.2 Å². The van der Waals surface area contributed by atoms with Crippen LogP contribution < -0.4 is 8.49 Å². The Morgan fingerprint density at radius 2 is 1.81 bits per heavy atom. The molecule has 8 heteroatoms. The first-order valence-corrected chi connectivity index (χ1v) is 13.6. The average molecular weight is 509 g/mol. The molecule has 2 aromatic rings. The molecule has 36 heavy (non-hydrogen) atoms. The van der Waals surface area contributed by atoms with Crippen molar-refractivity contribution >= 4 is 28.7 Å². The molecular weight excluding hydrogens is 476 g/mol. The largest absolute Gasteiger partial charge is 0.450 e. The van der Waals surface area contributed by atoms with Gasteiger partial charge in [0, 0.05) is 13.0 Å².